The molecule has 11 aliphatic rings. The largest absolute Gasteiger partial charge is 0.477 e. The third-order valence-electron chi connectivity index (χ3n) is 26.3. The quantitative estimate of drug-likeness (QED) is 0.0273. The van der Waals surface area contributed by atoms with Crippen molar-refractivity contribution < 1.29 is 281 Å². The number of carboxylic acids is 1. The van der Waals surface area contributed by atoms with Crippen molar-refractivity contribution in [3.8, 4) is 0 Å². The summed E-state index contributed by atoms with van der Waals surface area (Å²) in [4.78, 5) is 92.4. The van der Waals surface area contributed by atoms with Crippen LogP contribution in [0, 0.1) is 0 Å². The molecule has 0 aromatic carbocycles. The van der Waals surface area contributed by atoms with E-state index in [9.17, 15) is 182 Å². The molecule has 0 radical (unpaired) electrons. The van der Waals surface area contributed by atoms with Gasteiger partial charge in [0.15, 0.2) is 62.9 Å². The zero-order valence-electron chi connectivity index (χ0n) is 78.2. The van der Waals surface area contributed by atoms with Crippen molar-refractivity contribution in [3.63, 3.8) is 0 Å². The number of hydrogen-bond acceptors (Lipinski definition) is 56. The summed E-state index contributed by atoms with van der Waals surface area (Å²) in [5.41, 5.74) is 0. The minimum absolute atomic E-state index is 0.846. The van der Waals surface area contributed by atoms with E-state index in [-0.39, 0.29) is 0 Å². The monoisotopic (exact) mass is 2100 g/mol. The Morgan fingerprint density at radius 1 is 0.299 bits per heavy atom. The van der Waals surface area contributed by atoms with Crippen LogP contribution in [0.2, 0.25) is 0 Å². The van der Waals surface area contributed by atoms with Gasteiger partial charge in [-0.1, -0.05) is 0 Å². The summed E-state index contributed by atoms with van der Waals surface area (Å²) in [6.07, 6.45) is -108. The maximum atomic E-state index is 14.0. The van der Waals surface area contributed by atoms with Gasteiger partial charge in [-0.15, -0.1) is 0 Å². The summed E-state index contributed by atoms with van der Waals surface area (Å²) in [7, 11) is 0. The molecule has 0 unspecified atom stereocenters. The second-order valence-electron chi connectivity index (χ2n) is 36.7. The molecule has 35 N–H and O–H groups in total. The van der Waals surface area contributed by atoms with E-state index >= 15 is 0 Å². The highest BCUT2D eigenvalue weighted by Gasteiger charge is 2.65. The van der Waals surface area contributed by atoms with Gasteiger partial charge in [0.05, 0.1) is 83.8 Å². The van der Waals surface area contributed by atoms with Crippen LogP contribution < -0.4 is 31.9 Å². The summed E-state index contributed by atoms with van der Waals surface area (Å²) in [6.45, 7) is -3.22. The lowest BCUT2D eigenvalue weighted by atomic mass is 9.88. The zero-order valence-corrected chi connectivity index (χ0v) is 78.2. The SMILES string of the molecule is CC(=O)N[C@@H]1[C@@H](O[C@@H]2O[C@H](CO)[C@@H](O[C@@H]3O[C@H](CO[C@@H]4O[C@H](CO)[C@@H](O[C@@H]5O[C@H](CO)[C@H](O)[C@H](O[C@H]6O[C@H](CO)[C@H](O)[C@H](O)[C@H]6NC(C)=O)[C@H]5O[C@@H]5O[C@@H](C)[C@@H](O)[C@@H](O)[C@@H]5O)[C@H](O)[C@H]4NC(C)=O)[C@H](O)[C@H](O[C@@H]4O[C@H](CO)[C@@H](O[C@@H]5O[C@H](CO)[C@H](O)[C@H](O)[C@H]5O)[C@H](O)[C@H]4NC(C)=O)[C@H]3O)[C@H](O[C@@H]3O[C@@H](C)[C@@H](O)[C@@H](O)[C@@H]3O)[C@H]2NC(C)=O)[C@@H](O)[C@@H](CO[C@]2(C(=O)O)C[C@H](O)[C@@H](NC(C)=O)[C@H]([C@H](O)[C@H](O)CO)O2)O[C@@H]1O. The average molecular weight is 2100 g/mol. The molecule has 0 aliphatic carbocycles. The molecular formula is C81H134N6O57. The smallest absolute Gasteiger partial charge is 0.364 e. The van der Waals surface area contributed by atoms with Gasteiger partial charge < -0.3 is 279 Å². The molecule has 11 aliphatic heterocycles. The number of ether oxygens (including phenoxy) is 21. The van der Waals surface area contributed by atoms with Crippen LogP contribution in [0.15, 0.2) is 0 Å². The zero-order chi connectivity index (χ0) is 106. The van der Waals surface area contributed by atoms with Crippen molar-refractivity contribution >= 4 is 41.4 Å². The molecule has 0 bridgehead atoms. The fourth-order valence-electron chi connectivity index (χ4n) is 18.7. The number of aliphatic carboxylic acids is 1. The second-order valence-corrected chi connectivity index (χ2v) is 36.7. The molecule has 63 heteroatoms. The number of carbonyl (C=O) groups is 7. The fourth-order valence-corrected chi connectivity index (χ4v) is 18.7. The molecule has 11 rings (SSSR count). The minimum atomic E-state index is -3.18. The van der Waals surface area contributed by atoms with Gasteiger partial charge in [-0.25, -0.2) is 4.79 Å². The van der Waals surface area contributed by atoms with Crippen molar-refractivity contribution in [2.75, 3.05) is 59.5 Å². The molecule has 0 spiro atoms. The van der Waals surface area contributed by atoms with Gasteiger partial charge in [-0.05, 0) is 13.8 Å². The Hall–Kier alpha value is -5.67. The molecule has 63 nitrogen and oxygen atoms in total. The van der Waals surface area contributed by atoms with E-state index in [0.29, 0.717) is 0 Å². The molecule has 144 heavy (non-hydrogen) atoms. The van der Waals surface area contributed by atoms with Crippen LogP contribution in [-0.4, -0.2) is 592 Å². The molecule has 830 valence electrons. The number of amides is 6. The summed E-state index contributed by atoms with van der Waals surface area (Å²) in [5, 5.41) is 343. The van der Waals surface area contributed by atoms with Crippen molar-refractivity contribution in [1.82, 2.24) is 31.9 Å². The number of hydrogen-bond donors (Lipinski definition) is 35. The second kappa shape index (κ2) is 51.2. The number of aliphatic hydroxyl groups excluding tert-OH is 28. The number of aliphatic hydroxyl groups is 28. The Bertz CT molecular complexity index is 4120. The van der Waals surface area contributed by atoms with Gasteiger partial charge >= 0.3 is 5.97 Å². The predicted molar refractivity (Wildman–Crippen MR) is 446 cm³/mol. The maximum Gasteiger partial charge on any atom is 0.364 e. The Kier molecular flexibility index (Phi) is 42.1. The molecule has 0 aromatic rings. The Labute approximate surface area is 816 Å². The van der Waals surface area contributed by atoms with Crippen LogP contribution in [0.4, 0.5) is 0 Å². The first-order chi connectivity index (χ1) is 67.8. The molecule has 6 amide bonds. The highest BCUT2D eigenvalue weighted by molar-refractivity contribution is 5.77. The molecule has 56 atom stereocenters. The maximum absolute atomic E-state index is 14.0. The van der Waals surface area contributed by atoms with E-state index in [2.05, 4.69) is 31.9 Å². The van der Waals surface area contributed by atoms with Crippen molar-refractivity contribution in [1.29, 1.82) is 0 Å². The number of nitrogens with one attached hydrogen (secondary N) is 6. The van der Waals surface area contributed by atoms with Crippen LogP contribution in [0.1, 0.15) is 61.8 Å². The predicted octanol–water partition coefficient (Wildman–Crippen LogP) is -22.9. The lowest BCUT2D eigenvalue weighted by Gasteiger charge is -2.52. The number of carboxylic acid groups (broad SMARTS) is 1. The molecule has 11 heterocycles. The normalized spacial score (nSPS) is 47.5. The Morgan fingerprint density at radius 2 is 0.632 bits per heavy atom. The van der Waals surface area contributed by atoms with E-state index < -0.39 is 450 Å². The molecule has 11 saturated heterocycles. The summed E-state index contributed by atoms with van der Waals surface area (Å²) in [6, 6.07) is -12.0. The number of rotatable bonds is 38. The molecule has 0 saturated carbocycles. The van der Waals surface area contributed by atoms with Gasteiger partial charge in [0.25, 0.3) is 5.79 Å². The summed E-state index contributed by atoms with van der Waals surface area (Å²) < 4.78 is 128. The molecule has 11 fully saturated rings. The first-order valence-corrected chi connectivity index (χ1v) is 46.0. The minimum Gasteiger partial charge on any atom is -0.477 e. The third-order valence-corrected chi connectivity index (χ3v) is 26.3. The first kappa shape index (κ1) is 119. The van der Waals surface area contributed by atoms with E-state index in [4.69, 9.17) is 99.5 Å². The molecule has 0 aromatic heterocycles. The van der Waals surface area contributed by atoms with Crippen molar-refractivity contribution in [2.24, 2.45) is 0 Å². The summed E-state index contributed by atoms with van der Waals surface area (Å²) >= 11 is 0. The van der Waals surface area contributed by atoms with Crippen molar-refractivity contribution in [3.05, 3.63) is 0 Å². The molecular weight excluding hydrogens is 1970 g/mol. The van der Waals surface area contributed by atoms with E-state index in [1.54, 1.807) is 0 Å². The van der Waals surface area contributed by atoms with Crippen molar-refractivity contribution in [2.45, 2.75) is 405 Å². The van der Waals surface area contributed by atoms with Gasteiger partial charge in [0, 0.05) is 48.0 Å². The first-order valence-electron chi connectivity index (χ1n) is 46.0. The van der Waals surface area contributed by atoms with Crippen LogP contribution in [-0.2, 0) is 133 Å². The Morgan fingerprint density at radius 3 is 1.12 bits per heavy atom. The van der Waals surface area contributed by atoms with Crippen LogP contribution in [0.5, 0.6) is 0 Å². The van der Waals surface area contributed by atoms with E-state index in [1.807, 2.05) is 0 Å². The highest BCUT2D eigenvalue weighted by atomic mass is 16.8. The van der Waals surface area contributed by atoms with E-state index in [1.165, 1.54) is 6.92 Å². The average Bonchev–Trinajstić information content (AvgIpc) is 0.750. The number of carbonyl (C=O) groups excluding carboxylic acids is 6. The third kappa shape index (κ3) is 26.4. The highest BCUT2D eigenvalue weighted by Crippen LogP contribution is 2.44. The van der Waals surface area contributed by atoms with Crippen LogP contribution in [0.25, 0.3) is 0 Å². The summed E-state index contributed by atoms with van der Waals surface area (Å²) in [5.74, 6) is -11.3. The van der Waals surface area contributed by atoms with Gasteiger partial charge in [-0.3, -0.25) is 28.8 Å². The standard InChI is InChI=1S/C81H134N6O57/c1-19-43(103)54(114)57(117)75(126-19)140-66-42(87-26(8)100)74(139-64-41(86-25(7)99)70(121)128-36(49(64)109)18-125-81(80(122)123)9-27(101)37(82-21(3)95)65(144-81)45(105)28(102)10-88)134-34(16-94)63(66)138-78-60(120)67(141-73-40(85-24(6)98)53(113)61(33(15-93)133-73)136-77-59(119)56(116)47(107)30(12-90)130-77)50(110)35(135-78)17-124-71-39(84-23(5)97)52(112)62(32(14-92)132-71)137-79-69(143-76-58(118)55(115)44(104)20(2)127-76)68(48(108)31(13-91)131-79)142-72-38(83-22(4)96)51(111)46(106)29(11-89)129-72/h19-20,27-79,88-94,101-121H,9-18H2,1-8H3,(H,82,95)(H,83,96)(H,84,97)(H,85,98)(H,86,99)(H,87,100)(H,122,123)/t19-,20-,27-,28+,29+,30+,31+,32+,33+,34+,35+,36+,37+,38+,39+,40+,41+,42+,43+,44+,45+,46-,47-,48-,49-,50-,51+,52+,53+,54+,55+,56-,57-,58-,59+,60+,61+,62+,63+,64+,65+,66+,67-,68-,69+,70-,71+,72+,73-,74-,75-,76-,77-,78-,79-,81+/m0/s1. The van der Waals surface area contributed by atoms with Gasteiger partial charge in [0.2, 0.25) is 35.4 Å². The van der Waals surface area contributed by atoms with E-state index in [0.717, 1.165) is 48.5 Å². The van der Waals surface area contributed by atoms with Gasteiger partial charge in [-0.2, -0.15) is 0 Å². The van der Waals surface area contributed by atoms with Crippen LogP contribution >= 0.6 is 0 Å². The topological polar surface area (TPSA) is 972 Å². The fraction of sp³-hybridized carbons (Fsp3) is 0.914. The van der Waals surface area contributed by atoms with Crippen LogP contribution in [0.3, 0.4) is 0 Å². The van der Waals surface area contributed by atoms with Gasteiger partial charge in [0.1, 0.15) is 250 Å². The lowest BCUT2D eigenvalue weighted by molar-refractivity contribution is -0.400. The Balaban J connectivity index is 0.967. The lowest BCUT2D eigenvalue weighted by Crippen LogP contribution is -2.72.